The summed E-state index contributed by atoms with van der Waals surface area (Å²) in [6.07, 6.45) is 0. The van der Waals surface area contributed by atoms with E-state index in [-0.39, 0.29) is 0 Å². The van der Waals surface area contributed by atoms with E-state index in [1.54, 1.807) is 0 Å². The van der Waals surface area contributed by atoms with Crippen molar-refractivity contribution in [2.24, 2.45) is 0 Å². The van der Waals surface area contributed by atoms with Crippen molar-refractivity contribution in [1.29, 1.82) is 0 Å². The van der Waals surface area contributed by atoms with Gasteiger partial charge in [0.25, 0.3) is 0 Å². The Kier molecular flexibility index (Phi) is 3.03. The lowest BCUT2D eigenvalue weighted by Gasteiger charge is -2.16. The van der Waals surface area contributed by atoms with Gasteiger partial charge in [-0.2, -0.15) is 0 Å². The zero-order valence-corrected chi connectivity index (χ0v) is 12.4. The van der Waals surface area contributed by atoms with Gasteiger partial charge >= 0.3 is 0 Å². The zero-order chi connectivity index (χ0) is 13.4. The fourth-order valence-corrected chi connectivity index (χ4v) is 2.69. The van der Waals surface area contributed by atoms with Gasteiger partial charge < -0.3 is 4.90 Å². The second-order valence-electron chi connectivity index (χ2n) is 4.59. The third-order valence-corrected chi connectivity index (χ3v) is 3.67. The highest BCUT2D eigenvalue weighted by atomic mass is 79.9. The van der Waals surface area contributed by atoms with E-state index in [2.05, 4.69) is 54.5 Å². The van der Waals surface area contributed by atoms with Crippen molar-refractivity contribution < 1.29 is 0 Å². The average molecular weight is 316 g/mol. The maximum atomic E-state index is 4.66. The Hall–Kier alpha value is -1.81. The monoisotopic (exact) mass is 315 g/mol. The van der Waals surface area contributed by atoms with Gasteiger partial charge in [-0.15, -0.1) is 0 Å². The quantitative estimate of drug-likeness (QED) is 0.716. The fraction of sp³-hybridized carbons (Fsp3) is 0.133. The topological polar surface area (TPSA) is 20.5 Å². The van der Waals surface area contributed by atoms with Crippen molar-refractivity contribution in [2.75, 3.05) is 19.0 Å². The van der Waals surface area contributed by atoms with Gasteiger partial charge in [-0.25, -0.2) is 4.98 Å². The van der Waals surface area contributed by atoms with Crippen molar-refractivity contribution in [3.63, 3.8) is 0 Å². The van der Waals surface area contributed by atoms with Crippen LogP contribution in [0.5, 0.6) is 0 Å². The van der Waals surface area contributed by atoms with Crippen LogP contribution in [-0.4, -0.2) is 23.5 Å². The molecule has 0 saturated carbocycles. The Bertz CT molecular complexity index is 717. The molecule has 19 heavy (non-hydrogen) atoms. The molecule has 0 unspecified atom stereocenters. The maximum absolute atomic E-state index is 4.66. The molecule has 0 aliphatic rings. The largest absolute Gasteiger partial charge is 0.364 e. The van der Waals surface area contributed by atoms with Crippen LogP contribution >= 0.6 is 15.9 Å². The summed E-state index contributed by atoms with van der Waals surface area (Å²) in [6, 6.07) is 16.4. The Morgan fingerprint density at radius 3 is 2.42 bits per heavy atom. The predicted molar refractivity (Wildman–Crippen MR) is 82.7 cm³/mol. The van der Waals surface area contributed by atoms with Crippen molar-refractivity contribution in [2.45, 2.75) is 0 Å². The lowest BCUT2D eigenvalue weighted by Crippen LogP contribution is -2.13. The van der Waals surface area contributed by atoms with Crippen molar-refractivity contribution in [3.05, 3.63) is 53.1 Å². The lowest BCUT2D eigenvalue weighted by atomic mass is 10.2. The van der Waals surface area contributed by atoms with Gasteiger partial charge in [0, 0.05) is 19.7 Å². The summed E-state index contributed by atoms with van der Waals surface area (Å²) in [5.41, 5.74) is 2.18. The zero-order valence-electron chi connectivity index (χ0n) is 10.8. The molecule has 0 saturated heterocycles. The smallest absolute Gasteiger partial charge is 0.147 e. The third-order valence-electron chi connectivity index (χ3n) is 3.09. The van der Waals surface area contributed by atoms with Gasteiger partial charge in [-0.1, -0.05) is 36.4 Å². The molecule has 0 atom stereocenters. The van der Waals surface area contributed by atoms with Crippen LogP contribution in [0.15, 0.2) is 53.1 Å². The van der Waals surface area contributed by atoms with Gasteiger partial charge in [0.2, 0.25) is 0 Å². The number of halogens is 1. The van der Waals surface area contributed by atoms with Gasteiger partial charge in [0.15, 0.2) is 0 Å². The summed E-state index contributed by atoms with van der Waals surface area (Å²) in [5.74, 6) is 2.06. The molecule has 3 rings (SSSR count). The summed E-state index contributed by atoms with van der Waals surface area (Å²) in [7, 11) is 4.08. The van der Waals surface area contributed by atoms with Crippen LogP contribution in [0.3, 0.4) is 0 Å². The SMILES string of the molecule is CN(C)c1cccc2c(Br)nc(-c3ccccc3)n12. The second kappa shape index (κ2) is 4.70. The second-order valence-corrected chi connectivity index (χ2v) is 5.34. The van der Waals surface area contributed by atoms with Gasteiger partial charge in [0.1, 0.15) is 16.2 Å². The molecule has 4 heteroatoms. The fourth-order valence-electron chi connectivity index (χ4n) is 2.21. The lowest BCUT2D eigenvalue weighted by molar-refractivity contribution is 1.02. The Labute approximate surface area is 120 Å². The van der Waals surface area contributed by atoms with E-state index in [0.717, 1.165) is 27.3 Å². The molecule has 0 aliphatic carbocycles. The van der Waals surface area contributed by atoms with E-state index >= 15 is 0 Å². The minimum Gasteiger partial charge on any atom is -0.364 e. The highest BCUT2D eigenvalue weighted by Gasteiger charge is 2.14. The maximum Gasteiger partial charge on any atom is 0.147 e. The first-order valence-electron chi connectivity index (χ1n) is 6.08. The molecular weight excluding hydrogens is 302 g/mol. The average Bonchev–Trinajstić information content (AvgIpc) is 2.77. The van der Waals surface area contributed by atoms with Crippen LogP contribution in [0.25, 0.3) is 16.9 Å². The molecule has 0 radical (unpaired) electrons. The number of benzene rings is 1. The molecule has 0 N–H and O–H groups in total. The third kappa shape index (κ3) is 2.02. The first-order valence-corrected chi connectivity index (χ1v) is 6.87. The summed E-state index contributed by atoms with van der Waals surface area (Å²) < 4.78 is 3.04. The first-order chi connectivity index (χ1) is 9.18. The number of imidazole rings is 1. The van der Waals surface area contributed by atoms with Gasteiger partial charge in [-0.05, 0) is 28.1 Å². The van der Waals surface area contributed by atoms with Crippen LogP contribution in [0.1, 0.15) is 0 Å². The predicted octanol–water partition coefficient (Wildman–Crippen LogP) is 3.83. The van der Waals surface area contributed by atoms with Crippen LogP contribution in [-0.2, 0) is 0 Å². The van der Waals surface area contributed by atoms with E-state index in [1.165, 1.54) is 0 Å². The molecule has 3 aromatic rings. The number of aromatic nitrogens is 2. The van der Waals surface area contributed by atoms with E-state index in [0.29, 0.717) is 0 Å². The first kappa shape index (κ1) is 12.2. The van der Waals surface area contributed by atoms with Crippen LogP contribution in [0.2, 0.25) is 0 Å². The normalized spacial score (nSPS) is 10.9. The van der Waals surface area contributed by atoms with Crippen molar-refractivity contribution >= 4 is 27.3 Å². The molecule has 0 bridgehead atoms. The number of hydrogen-bond acceptors (Lipinski definition) is 2. The summed E-state index contributed by atoms with van der Waals surface area (Å²) in [4.78, 5) is 6.75. The number of anilines is 1. The highest BCUT2D eigenvalue weighted by Crippen LogP contribution is 2.29. The molecule has 0 fully saturated rings. The van der Waals surface area contributed by atoms with Gasteiger partial charge in [0.05, 0.1) is 5.52 Å². The molecule has 0 spiro atoms. The molecular formula is C15H14BrN3. The van der Waals surface area contributed by atoms with E-state index < -0.39 is 0 Å². The van der Waals surface area contributed by atoms with Gasteiger partial charge in [-0.3, -0.25) is 4.40 Å². The van der Waals surface area contributed by atoms with E-state index in [1.807, 2.05) is 38.4 Å². The molecule has 1 aromatic carbocycles. The highest BCUT2D eigenvalue weighted by molar-refractivity contribution is 9.10. The number of rotatable bonds is 2. The van der Waals surface area contributed by atoms with E-state index in [9.17, 15) is 0 Å². The van der Waals surface area contributed by atoms with Crippen LogP contribution in [0, 0.1) is 0 Å². The number of hydrogen-bond donors (Lipinski definition) is 0. The Morgan fingerprint density at radius 1 is 1.00 bits per heavy atom. The molecule has 0 amide bonds. The molecule has 96 valence electrons. The summed E-state index contributed by atoms with van der Waals surface area (Å²) >= 11 is 3.55. The van der Waals surface area contributed by atoms with Crippen molar-refractivity contribution in [1.82, 2.24) is 9.38 Å². The van der Waals surface area contributed by atoms with Crippen LogP contribution < -0.4 is 4.90 Å². The van der Waals surface area contributed by atoms with E-state index in [4.69, 9.17) is 0 Å². The number of fused-ring (bicyclic) bond motifs is 1. The molecule has 3 nitrogen and oxygen atoms in total. The minimum absolute atomic E-state index is 0.870. The number of nitrogens with zero attached hydrogens (tertiary/aromatic N) is 3. The number of pyridine rings is 1. The standard InChI is InChI=1S/C15H14BrN3/c1-18(2)13-10-6-9-12-14(16)17-15(19(12)13)11-7-4-3-5-8-11/h3-10H,1-2H3. The molecule has 0 aliphatic heterocycles. The Morgan fingerprint density at radius 2 is 1.74 bits per heavy atom. The molecule has 2 aromatic heterocycles. The summed E-state index contributed by atoms with van der Waals surface area (Å²) in [6.45, 7) is 0. The summed E-state index contributed by atoms with van der Waals surface area (Å²) in [5, 5.41) is 0. The van der Waals surface area contributed by atoms with Crippen LogP contribution in [0.4, 0.5) is 5.82 Å². The molecule has 2 heterocycles. The van der Waals surface area contributed by atoms with Crippen molar-refractivity contribution in [3.8, 4) is 11.4 Å². The Balaban J connectivity index is 2.37. The minimum atomic E-state index is 0.870.